The Labute approximate surface area is 165 Å². The summed E-state index contributed by atoms with van der Waals surface area (Å²) in [5.41, 5.74) is 0.747. The first-order chi connectivity index (χ1) is 13.0. The maximum Gasteiger partial charge on any atom is 0.381 e. The molecule has 8 nitrogen and oxygen atoms in total. The third kappa shape index (κ3) is 4.47. The second-order valence-corrected chi connectivity index (χ2v) is 6.79. The minimum Gasteiger partial charge on any atom is -0.479 e. The monoisotopic (exact) mass is 449 g/mol. The van der Waals surface area contributed by atoms with Gasteiger partial charge in [-0.3, -0.25) is 4.79 Å². The Kier molecular flexibility index (Phi) is 5.77. The van der Waals surface area contributed by atoms with Crippen LogP contribution in [0.25, 0.3) is 11.5 Å². The van der Waals surface area contributed by atoms with Gasteiger partial charge >= 0.3 is 11.9 Å². The normalized spacial score (nSPS) is 11.0. The maximum absolute atomic E-state index is 11.8. The molecule has 0 aliphatic heterocycles. The summed E-state index contributed by atoms with van der Waals surface area (Å²) < 4.78 is 10.8. The van der Waals surface area contributed by atoms with Crippen LogP contribution in [-0.4, -0.2) is 39.6 Å². The van der Waals surface area contributed by atoms with Crippen LogP contribution in [0.5, 0.6) is 5.95 Å². The van der Waals surface area contributed by atoms with E-state index in [1.807, 2.05) is 12.1 Å². The fourth-order valence-corrected chi connectivity index (χ4v) is 2.88. The van der Waals surface area contributed by atoms with Crippen molar-refractivity contribution in [1.29, 1.82) is 0 Å². The van der Waals surface area contributed by atoms with Gasteiger partial charge in [-0.1, -0.05) is 15.9 Å². The van der Waals surface area contributed by atoms with Crippen molar-refractivity contribution in [1.82, 2.24) is 9.97 Å². The lowest BCUT2D eigenvalue weighted by Crippen LogP contribution is -2.17. The summed E-state index contributed by atoms with van der Waals surface area (Å²) in [7, 11) is 0. The van der Waals surface area contributed by atoms with E-state index in [2.05, 4.69) is 35.6 Å². The van der Waals surface area contributed by atoms with Crippen LogP contribution in [0.4, 0.5) is 5.13 Å². The zero-order valence-electron chi connectivity index (χ0n) is 13.9. The van der Waals surface area contributed by atoms with Gasteiger partial charge in [0.25, 0.3) is 5.78 Å². The Morgan fingerprint density at radius 2 is 2.07 bits per heavy atom. The van der Waals surface area contributed by atoms with Crippen molar-refractivity contribution in [3.8, 4) is 17.4 Å². The molecule has 0 saturated heterocycles. The van der Waals surface area contributed by atoms with E-state index in [9.17, 15) is 14.7 Å². The first-order valence-corrected chi connectivity index (χ1v) is 9.32. The fourth-order valence-electron chi connectivity index (χ4n) is 1.97. The van der Waals surface area contributed by atoms with Crippen molar-refractivity contribution in [2.45, 2.75) is 6.92 Å². The number of halogens is 1. The number of carbonyl (C=O) groups is 2. The van der Waals surface area contributed by atoms with Crippen molar-refractivity contribution in [3.05, 3.63) is 45.5 Å². The second kappa shape index (κ2) is 8.23. The molecule has 3 rings (SSSR count). The molecule has 27 heavy (non-hydrogen) atoms. The smallest absolute Gasteiger partial charge is 0.381 e. The number of benzene rings is 1. The van der Waals surface area contributed by atoms with Gasteiger partial charge in [0.15, 0.2) is 5.69 Å². The van der Waals surface area contributed by atoms with Crippen LogP contribution in [0.15, 0.2) is 43.5 Å². The first kappa shape index (κ1) is 18.9. The highest BCUT2D eigenvalue weighted by molar-refractivity contribution is 9.10. The minimum atomic E-state index is -0.966. The van der Waals surface area contributed by atoms with Gasteiger partial charge in [0.1, 0.15) is 5.69 Å². The molecular weight excluding hydrogens is 438 g/mol. The number of esters is 1. The van der Waals surface area contributed by atoms with Crippen molar-refractivity contribution in [2.24, 2.45) is 4.99 Å². The van der Waals surface area contributed by atoms with Gasteiger partial charge in [0, 0.05) is 15.4 Å². The first-order valence-electron chi connectivity index (χ1n) is 7.64. The standard InChI is InChI=1S/C17H12BrN3O5S/c1-2-25-16(24)13(22)12-8-27-17(21-12)19-7-11-15(23)26-14(20-11)9-3-5-10(18)6-4-9/h3-8,23H,2H2,1H3/b19-7+. The van der Waals surface area contributed by atoms with Gasteiger partial charge in [-0.2, -0.15) is 0 Å². The number of aromatic hydroxyl groups is 1. The third-order valence-corrected chi connectivity index (χ3v) is 4.49. The molecule has 0 unspecified atom stereocenters. The number of ketones is 1. The van der Waals surface area contributed by atoms with E-state index in [1.165, 1.54) is 11.6 Å². The number of hydrogen-bond acceptors (Lipinski definition) is 9. The average Bonchev–Trinajstić information content (AvgIpc) is 3.27. The Morgan fingerprint density at radius 1 is 1.33 bits per heavy atom. The molecule has 0 bridgehead atoms. The van der Waals surface area contributed by atoms with Gasteiger partial charge in [0.2, 0.25) is 11.0 Å². The molecule has 0 spiro atoms. The highest BCUT2D eigenvalue weighted by Gasteiger charge is 2.20. The summed E-state index contributed by atoms with van der Waals surface area (Å²) in [5, 5.41) is 11.5. The van der Waals surface area contributed by atoms with Gasteiger partial charge in [-0.25, -0.2) is 19.8 Å². The summed E-state index contributed by atoms with van der Waals surface area (Å²) >= 11 is 4.40. The molecule has 0 aliphatic rings. The van der Waals surface area contributed by atoms with Crippen LogP contribution in [0, 0.1) is 0 Å². The summed E-state index contributed by atoms with van der Waals surface area (Å²) in [4.78, 5) is 35.4. The summed E-state index contributed by atoms with van der Waals surface area (Å²) in [5.74, 6) is -1.96. The van der Waals surface area contributed by atoms with Crippen molar-refractivity contribution in [2.75, 3.05) is 6.61 Å². The number of aliphatic imine (C=N–C) groups is 1. The number of carbonyl (C=O) groups excluding carboxylic acids is 2. The lowest BCUT2D eigenvalue weighted by molar-refractivity contribution is -0.137. The molecule has 10 heteroatoms. The second-order valence-electron chi connectivity index (χ2n) is 5.04. The average molecular weight is 450 g/mol. The lowest BCUT2D eigenvalue weighted by Gasteiger charge is -1.96. The largest absolute Gasteiger partial charge is 0.479 e. The van der Waals surface area contributed by atoms with Crippen molar-refractivity contribution < 1.29 is 23.8 Å². The maximum atomic E-state index is 11.8. The molecule has 2 aromatic heterocycles. The van der Waals surface area contributed by atoms with Crippen LogP contribution in [0.1, 0.15) is 23.1 Å². The van der Waals surface area contributed by atoms with E-state index in [-0.39, 0.29) is 29.0 Å². The number of oxazole rings is 1. The number of ether oxygens (including phenoxy) is 1. The van der Waals surface area contributed by atoms with E-state index in [0.29, 0.717) is 5.56 Å². The number of Topliss-reactive ketones (excluding diaryl/α,β-unsaturated/α-hetero) is 1. The van der Waals surface area contributed by atoms with Gasteiger partial charge in [-0.05, 0) is 31.2 Å². The highest BCUT2D eigenvalue weighted by atomic mass is 79.9. The van der Waals surface area contributed by atoms with E-state index in [1.54, 1.807) is 19.1 Å². The summed E-state index contributed by atoms with van der Waals surface area (Å²) in [6, 6.07) is 7.21. The van der Waals surface area contributed by atoms with E-state index < -0.39 is 17.7 Å². The van der Waals surface area contributed by atoms with Crippen LogP contribution in [0.2, 0.25) is 0 Å². The number of rotatable bonds is 6. The fraction of sp³-hybridized carbons (Fsp3) is 0.118. The van der Waals surface area contributed by atoms with Crippen molar-refractivity contribution in [3.63, 3.8) is 0 Å². The van der Waals surface area contributed by atoms with Gasteiger partial charge < -0.3 is 14.3 Å². The zero-order valence-corrected chi connectivity index (χ0v) is 16.3. The molecule has 0 fully saturated rings. The van der Waals surface area contributed by atoms with Crippen LogP contribution < -0.4 is 0 Å². The highest BCUT2D eigenvalue weighted by Crippen LogP contribution is 2.27. The predicted octanol–water partition coefficient (Wildman–Crippen LogP) is 3.76. The van der Waals surface area contributed by atoms with Crippen LogP contribution in [0.3, 0.4) is 0 Å². The Morgan fingerprint density at radius 3 is 2.78 bits per heavy atom. The zero-order chi connectivity index (χ0) is 19.4. The molecule has 138 valence electrons. The number of aromatic nitrogens is 2. The SMILES string of the molecule is CCOC(=O)C(=O)c1csc(/N=C/c2nc(-c3ccc(Br)cc3)oc2O)n1. The van der Waals surface area contributed by atoms with E-state index in [4.69, 9.17) is 4.42 Å². The Hall–Kier alpha value is -2.85. The Bertz CT molecular complexity index is 1010. The molecular formula is C17H12BrN3O5S. The molecule has 0 atom stereocenters. The van der Waals surface area contributed by atoms with Gasteiger partial charge in [-0.15, -0.1) is 11.3 Å². The minimum absolute atomic E-state index is 0.0504. The number of hydrogen-bond donors (Lipinski definition) is 1. The summed E-state index contributed by atoms with van der Waals surface area (Å²) in [6.07, 6.45) is 1.26. The van der Waals surface area contributed by atoms with Crippen molar-refractivity contribution >= 4 is 50.4 Å². The third-order valence-electron chi connectivity index (χ3n) is 3.21. The predicted molar refractivity (Wildman–Crippen MR) is 102 cm³/mol. The molecule has 2 heterocycles. The molecule has 0 aliphatic carbocycles. The van der Waals surface area contributed by atoms with Gasteiger partial charge in [0.05, 0.1) is 12.8 Å². The number of nitrogens with zero attached hydrogens (tertiary/aromatic N) is 3. The van der Waals surface area contributed by atoms with Crippen LogP contribution in [-0.2, 0) is 9.53 Å². The lowest BCUT2D eigenvalue weighted by atomic mass is 10.2. The molecule has 0 amide bonds. The van der Waals surface area contributed by atoms with E-state index >= 15 is 0 Å². The molecule has 0 radical (unpaired) electrons. The topological polar surface area (TPSA) is 115 Å². The van der Waals surface area contributed by atoms with E-state index in [0.717, 1.165) is 15.8 Å². The molecule has 3 aromatic rings. The Balaban J connectivity index is 1.76. The number of thiazole rings is 1. The molecule has 0 saturated carbocycles. The molecule has 1 N–H and O–H groups in total. The summed E-state index contributed by atoms with van der Waals surface area (Å²) in [6.45, 7) is 1.71. The molecule has 1 aromatic carbocycles. The quantitative estimate of drug-likeness (QED) is 0.263. The van der Waals surface area contributed by atoms with Crippen LogP contribution >= 0.6 is 27.3 Å².